The molecule has 0 aromatic heterocycles. The Morgan fingerprint density at radius 3 is 2.53 bits per heavy atom. The van der Waals surface area contributed by atoms with Crippen LogP contribution in [0.15, 0.2) is 42.5 Å². The van der Waals surface area contributed by atoms with Gasteiger partial charge in [0.15, 0.2) is 11.6 Å². The van der Waals surface area contributed by atoms with Gasteiger partial charge in [-0.25, -0.2) is 8.78 Å². The Balaban J connectivity index is 2.30. The first-order valence-corrected chi connectivity index (χ1v) is 6.08. The van der Waals surface area contributed by atoms with Crippen molar-refractivity contribution in [2.45, 2.75) is 19.4 Å². The van der Waals surface area contributed by atoms with E-state index in [9.17, 15) is 8.78 Å². The lowest BCUT2D eigenvalue weighted by molar-refractivity contribution is 0.481. The van der Waals surface area contributed by atoms with Crippen molar-refractivity contribution in [2.75, 3.05) is 0 Å². The van der Waals surface area contributed by atoms with E-state index in [1.54, 1.807) is 6.07 Å². The molecule has 19 heavy (non-hydrogen) atoms. The van der Waals surface area contributed by atoms with Crippen LogP contribution in [-0.2, 0) is 6.42 Å². The maximum Gasteiger partial charge on any atom is 0.162 e. The lowest BCUT2D eigenvalue weighted by atomic mass is 9.95. The number of halogens is 2. The molecule has 2 aromatic carbocycles. The summed E-state index contributed by atoms with van der Waals surface area (Å²) in [6.45, 7) is 1.96. The molecule has 0 aliphatic carbocycles. The fourth-order valence-corrected chi connectivity index (χ4v) is 2.16. The molecule has 2 rings (SSSR count). The molecule has 1 unspecified atom stereocenters. The Morgan fingerprint density at radius 1 is 1.11 bits per heavy atom. The van der Waals surface area contributed by atoms with Gasteiger partial charge in [-0.15, -0.1) is 0 Å². The van der Waals surface area contributed by atoms with E-state index in [0.29, 0.717) is 12.0 Å². The predicted molar refractivity (Wildman–Crippen MR) is 71.3 cm³/mol. The predicted octanol–water partition coefficient (Wildman–Crippen LogP) is 3.02. The van der Waals surface area contributed by atoms with Gasteiger partial charge in [-0.05, 0) is 36.1 Å². The van der Waals surface area contributed by atoms with Crippen molar-refractivity contribution in [1.29, 1.82) is 0 Å². The maximum atomic E-state index is 13.7. The number of benzene rings is 2. The standard InChI is InChI=1S/C15H16F2N2/c1-10-5-2-3-7-12(10)14(19-18)9-11-6-4-8-13(16)15(11)17/h2-8,14,19H,9,18H2,1H3. The number of rotatable bonds is 4. The van der Waals surface area contributed by atoms with Gasteiger partial charge in [-0.1, -0.05) is 36.4 Å². The van der Waals surface area contributed by atoms with E-state index >= 15 is 0 Å². The van der Waals surface area contributed by atoms with Crippen molar-refractivity contribution in [3.05, 3.63) is 70.8 Å². The second kappa shape index (κ2) is 5.91. The second-order valence-corrected chi connectivity index (χ2v) is 4.49. The number of aryl methyl sites for hydroxylation is 1. The van der Waals surface area contributed by atoms with Gasteiger partial charge in [0.05, 0.1) is 6.04 Å². The number of hydrogen-bond donors (Lipinski definition) is 2. The summed E-state index contributed by atoms with van der Waals surface area (Å²) < 4.78 is 26.9. The van der Waals surface area contributed by atoms with Gasteiger partial charge in [0.2, 0.25) is 0 Å². The molecule has 0 heterocycles. The van der Waals surface area contributed by atoms with Crippen LogP contribution in [0.4, 0.5) is 8.78 Å². The Hall–Kier alpha value is -1.78. The van der Waals surface area contributed by atoms with Crippen molar-refractivity contribution >= 4 is 0 Å². The third kappa shape index (κ3) is 2.97. The monoisotopic (exact) mass is 262 g/mol. The molecule has 2 nitrogen and oxygen atoms in total. The van der Waals surface area contributed by atoms with E-state index in [-0.39, 0.29) is 6.04 Å². The van der Waals surface area contributed by atoms with E-state index in [2.05, 4.69) is 5.43 Å². The molecule has 0 saturated carbocycles. The molecule has 0 amide bonds. The highest BCUT2D eigenvalue weighted by Gasteiger charge is 2.16. The Kier molecular flexibility index (Phi) is 4.24. The molecule has 100 valence electrons. The molecule has 0 bridgehead atoms. The first kappa shape index (κ1) is 13.6. The molecule has 0 saturated heterocycles. The zero-order valence-corrected chi connectivity index (χ0v) is 10.7. The lowest BCUT2D eigenvalue weighted by Crippen LogP contribution is -2.30. The van der Waals surface area contributed by atoms with Crippen molar-refractivity contribution in [2.24, 2.45) is 5.84 Å². The number of nitrogens with two attached hydrogens (primary N) is 1. The van der Waals surface area contributed by atoms with E-state index in [4.69, 9.17) is 5.84 Å². The van der Waals surface area contributed by atoms with Crippen LogP contribution in [0, 0.1) is 18.6 Å². The summed E-state index contributed by atoms with van der Waals surface area (Å²) >= 11 is 0. The summed E-state index contributed by atoms with van der Waals surface area (Å²) in [5.41, 5.74) is 5.01. The van der Waals surface area contributed by atoms with Crippen LogP contribution in [0.25, 0.3) is 0 Å². The summed E-state index contributed by atoms with van der Waals surface area (Å²) in [6, 6.07) is 11.6. The van der Waals surface area contributed by atoms with Crippen LogP contribution in [0.2, 0.25) is 0 Å². The fourth-order valence-electron chi connectivity index (χ4n) is 2.16. The quantitative estimate of drug-likeness (QED) is 0.656. The van der Waals surface area contributed by atoms with Gasteiger partial charge in [0.1, 0.15) is 0 Å². The zero-order valence-electron chi connectivity index (χ0n) is 10.7. The van der Waals surface area contributed by atoms with Gasteiger partial charge in [-0.2, -0.15) is 0 Å². The number of nitrogens with one attached hydrogen (secondary N) is 1. The molecular formula is C15H16F2N2. The van der Waals surface area contributed by atoms with Crippen molar-refractivity contribution in [3.8, 4) is 0 Å². The van der Waals surface area contributed by atoms with Crippen molar-refractivity contribution < 1.29 is 8.78 Å². The van der Waals surface area contributed by atoms with E-state index in [1.807, 2.05) is 31.2 Å². The topological polar surface area (TPSA) is 38.0 Å². The third-order valence-electron chi connectivity index (χ3n) is 3.22. The second-order valence-electron chi connectivity index (χ2n) is 4.49. The fraction of sp³-hybridized carbons (Fsp3) is 0.200. The van der Waals surface area contributed by atoms with Gasteiger partial charge >= 0.3 is 0 Å². The summed E-state index contributed by atoms with van der Waals surface area (Å²) in [5, 5.41) is 0. The average molecular weight is 262 g/mol. The SMILES string of the molecule is Cc1ccccc1C(Cc1cccc(F)c1F)NN. The average Bonchev–Trinajstić information content (AvgIpc) is 2.41. The minimum Gasteiger partial charge on any atom is -0.271 e. The summed E-state index contributed by atoms with van der Waals surface area (Å²) in [6.07, 6.45) is 0.297. The van der Waals surface area contributed by atoms with Gasteiger partial charge in [-0.3, -0.25) is 11.3 Å². The van der Waals surface area contributed by atoms with E-state index in [1.165, 1.54) is 6.07 Å². The van der Waals surface area contributed by atoms with E-state index < -0.39 is 11.6 Å². The first-order chi connectivity index (χ1) is 9.13. The van der Waals surface area contributed by atoms with Gasteiger partial charge < -0.3 is 0 Å². The van der Waals surface area contributed by atoms with Crippen molar-refractivity contribution in [3.63, 3.8) is 0 Å². The van der Waals surface area contributed by atoms with Crippen molar-refractivity contribution in [1.82, 2.24) is 5.43 Å². The number of hydrazine groups is 1. The summed E-state index contributed by atoms with van der Waals surface area (Å²) in [5.74, 6) is 3.90. The maximum absolute atomic E-state index is 13.7. The van der Waals surface area contributed by atoms with Crippen LogP contribution < -0.4 is 11.3 Å². The van der Waals surface area contributed by atoms with Crippen LogP contribution in [0.1, 0.15) is 22.7 Å². The minimum atomic E-state index is -0.835. The Morgan fingerprint density at radius 2 is 1.84 bits per heavy atom. The molecule has 0 radical (unpaired) electrons. The van der Waals surface area contributed by atoms with E-state index in [0.717, 1.165) is 17.2 Å². The van der Waals surface area contributed by atoms with Gasteiger partial charge in [0, 0.05) is 0 Å². The third-order valence-corrected chi connectivity index (χ3v) is 3.22. The minimum absolute atomic E-state index is 0.252. The molecule has 4 heteroatoms. The highest BCUT2D eigenvalue weighted by Crippen LogP contribution is 2.23. The molecule has 0 fully saturated rings. The van der Waals surface area contributed by atoms with Crippen LogP contribution in [-0.4, -0.2) is 0 Å². The highest BCUT2D eigenvalue weighted by atomic mass is 19.2. The zero-order chi connectivity index (χ0) is 13.8. The molecule has 0 spiro atoms. The molecule has 0 aliphatic rings. The Bertz CT molecular complexity index is 570. The smallest absolute Gasteiger partial charge is 0.162 e. The first-order valence-electron chi connectivity index (χ1n) is 6.08. The van der Waals surface area contributed by atoms with Gasteiger partial charge in [0.25, 0.3) is 0 Å². The van der Waals surface area contributed by atoms with Crippen LogP contribution >= 0.6 is 0 Å². The molecule has 2 aromatic rings. The molecule has 3 N–H and O–H groups in total. The lowest BCUT2D eigenvalue weighted by Gasteiger charge is -2.19. The Labute approximate surface area is 111 Å². The normalized spacial score (nSPS) is 12.4. The molecule has 0 aliphatic heterocycles. The number of hydrogen-bond acceptors (Lipinski definition) is 2. The summed E-state index contributed by atoms with van der Waals surface area (Å²) in [7, 11) is 0. The van der Waals surface area contributed by atoms with Crippen LogP contribution in [0.3, 0.4) is 0 Å². The molecule has 1 atom stereocenters. The molecular weight excluding hydrogens is 246 g/mol. The largest absolute Gasteiger partial charge is 0.271 e. The highest BCUT2D eigenvalue weighted by molar-refractivity contribution is 5.31. The van der Waals surface area contributed by atoms with Crippen LogP contribution in [0.5, 0.6) is 0 Å². The summed E-state index contributed by atoms with van der Waals surface area (Å²) in [4.78, 5) is 0.